The third-order valence-electron chi connectivity index (χ3n) is 2.48. The van der Waals surface area contributed by atoms with Gasteiger partial charge in [-0.1, -0.05) is 0 Å². The molecule has 0 bridgehead atoms. The van der Waals surface area contributed by atoms with E-state index in [2.05, 4.69) is 5.10 Å². The quantitative estimate of drug-likeness (QED) is 0.547. The molecule has 15 heavy (non-hydrogen) atoms. The van der Waals surface area contributed by atoms with Crippen LogP contribution in [0.25, 0.3) is 0 Å². The molecule has 2 heterocycles. The monoisotopic (exact) mass is 209 g/mol. The summed E-state index contributed by atoms with van der Waals surface area (Å²) in [5.74, 6) is 5.55. The zero-order valence-electron chi connectivity index (χ0n) is 8.76. The summed E-state index contributed by atoms with van der Waals surface area (Å²) in [6.07, 6.45) is 4.59. The van der Waals surface area contributed by atoms with Crippen LogP contribution in [0.1, 0.15) is 12.0 Å². The van der Waals surface area contributed by atoms with Crippen molar-refractivity contribution in [1.29, 1.82) is 0 Å². The fourth-order valence-electron chi connectivity index (χ4n) is 1.73. The first-order valence-corrected chi connectivity index (χ1v) is 4.95. The minimum Gasteiger partial charge on any atom is -0.319 e. The summed E-state index contributed by atoms with van der Waals surface area (Å²) in [6.45, 7) is 1.99. The maximum atomic E-state index is 11.6. The molecule has 2 amide bonds. The van der Waals surface area contributed by atoms with Crippen LogP contribution in [-0.4, -0.2) is 38.8 Å². The zero-order chi connectivity index (χ0) is 10.8. The number of nitrogens with two attached hydrogens (primary N) is 1. The normalized spacial score (nSPS) is 17.3. The number of rotatable bonds is 2. The number of aromatic nitrogens is 2. The largest absolute Gasteiger partial charge is 0.334 e. The first-order chi connectivity index (χ1) is 7.16. The van der Waals surface area contributed by atoms with Gasteiger partial charge in [-0.25, -0.2) is 10.6 Å². The molecule has 1 saturated heterocycles. The van der Waals surface area contributed by atoms with Gasteiger partial charge >= 0.3 is 6.03 Å². The van der Waals surface area contributed by atoms with E-state index in [1.54, 1.807) is 15.8 Å². The number of urea groups is 1. The molecule has 0 saturated carbocycles. The Kier molecular flexibility index (Phi) is 2.59. The van der Waals surface area contributed by atoms with Crippen molar-refractivity contribution in [1.82, 2.24) is 19.7 Å². The number of carbonyl (C=O) groups is 1. The van der Waals surface area contributed by atoms with Crippen LogP contribution < -0.4 is 5.84 Å². The van der Waals surface area contributed by atoms with E-state index in [4.69, 9.17) is 5.84 Å². The predicted octanol–water partition coefficient (Wildman–Crippen LogP) is -0.0785. The highest BCUT2D eigenvalue weighted by atomic mass is 16.2. The van der Waals surface area contributed by atoms with E-state index in [0.717, 1.165) is 18.5 Å². The lowest BCUT2D eigenvalue weighted by Gasteiger charge is -2.32. The van der Waals surface area contributed by atoms with E-state index >= 15 is 0 Å². The Bertz CT molecular complexity index is 361. The first kappa shape index (κ1) is 9.97. The van der Waals surface area contributed by atoms with Gasteiger partial charge in [0, 0.05) is 31.9 Å². The third kappa shape index (κ3) is 2.10. The molecular weight excluding hydrogens is 194 g/mol. The molecule has 0 aromatic carbocycles. The van der Waals surface area contributed by atoms with Crippen LogP contribution in [0.5, 0.6) is 0 Å². The van der Waals surface area contributed by atoms with Crippen LogP contribution in [0.2, 0.25) is 0 Å². The van der Waals surface area contributed by atoms with Crippen LogP contribution in [0.4, 0.5) is 4.79 Å². The Morgan fingerprint density at radius 1 is 1.53 bits per heavy atom. The lowest BCUT2D eigenvalue weighted by molar-refractivity contribution is 0.127. The topological polar surface area (TPSA) is 67.4 Å². The molecule has 1 aliphatic rings. The van der Waals surface area contributed by atoms with Gasteiger partial charge in [-0.15, -0.1) is 0 Å². The van der Waals surface area contributed by atoms with Crippen molar-refractivity contribution in [3.63, 3.8) is 0 Å². The van der Waals surface area contributed by atoms with Gasteiger partial charge in [0.2, 0.25) is 0 Å². The summed E-state index contributed by atoms with van der Waals surface area (Å²) in [6, 6.07) is -0.106. The van der Waals surface area contributed by atoms with Gasteiger partial charge in [-0.3, -0.25) is 9.69 Å². The average molecular weight is 209 g/mol. The Morgan fingerprint density at radius 2 is 2.33 bits per heavy atom. The van der Waals surface area contributed by atoms with E-state index < -0.39 is 0 Å². The van der Waals surface area contributed by atoms with Gasteiger partial charge in [0.25, 0.3) is 0 Å². The molecule has 0 atom stereocenters. The molecular formula is C9H15N5O. The molecule has 0 radical (unpaired) electrons. The van der Waals surface area contributed by atoms with E-state index in [1.165, 1.54) is 5.01 Å². The van der Waals surface area contributed by atoms with Crippen LogP contribution >= 0.6 is 0 Å². The second-order valence-electron chi connectivity index (χ2n) is 3.77. The molecule has 2 rings (SSSR count). The molecule has 2 N–H and O–H groups in total. The minimum atomic E-state index is -0.106. The predicted molar refractivity (Wildman–Crippen MR) is 54.5 cm³/mol. The molecule has 6 nitrogen and oxygen atoms in total. The molecule has 0 spiro atoms. The molecule has 82 valence electrons. The molecule has 1 aliphatic heterocycles. The number of nitrogens with zero attached hydrogens (tertiary/aromatic N) is 4. The highest BCUT2D eigenvalue weighted by Crippen LogP contribution is 2.10. The van der Waals surface area contributed by atoms with Gasteiger partial charge in [0.15, 0.2) is 0 Å². The Balaban J connectivity index is 2.02. The van der Waals surface area contributed by atoms with Crippen molar-refractivity contribution in [3.05, 3.63) is 18.0 Å². The Morgan fingerprint density at radius 3 is 3.00 bits per heavy atom. The maximum absolute atomic E-state index is 11.6. The van der Waals surface area contributed by atoms with Gasteiger partial charge in [-0.2, -0.15) is 5.10 Å². The third-order valence-corrected chi connectivity index (χ3v) is 2.48. The fourth-order valence-corrected chi connectivity index (χ4v) is 1.73. The summed E-state index contributed by atoms with van der Waals surface area (Å²) in [5.41, 5.74) is 1.03. The van der Waals surface area contributed by atoms with Crippen LogP contribution in [0.15, 0.2) is 12.4 Å². The minimum absolute atomic E-state index is 0.106. The van der Waals surface area contributed by atoms with Gasteiger partial charge in [0.05, 0.1) is 12.7 Å². The molecule has 0 aliphatic carbocycles. The summed E-state index contributed by atoms with van der Waals surface area (Å²) in [4.78, 5) is 13.4. The summed E-state index contributed by atoms with van der Waals surface area (Å²) in [5, 5.41) is 5.32. The van der Waals surface area contributed by atoms with E-state index in [9.17, 15) is 4.79 Å². The maximum Gasteiger partial charge on any atom is 0.334 e. The average Bonchev–Trinajstić information content (AvgIpc) is 2.59. The number of hydrogen-bond acceptors (Lipinski definition) is 3. The highest BCUT2D eigenvalue weighted by molar-refractivity contribution is 5.74. The molecule has 6 heteroatoms. The number of aryl methyl sites for hydroxylation is 1. The van der Waals surface area contributed by atoms with Crippen molar-refractivity contribution in [2.24, 2.45) is 12.9 Å². The lowest BCUT2D eigenvalue weighted by atomic mass is 10.2. The van der Waals surface area contributed by atoms with Crippen LogP contribution in [0.3, 0.4) is 0 Å². The van der Waals surface area contributed by atoms with E-state index in [1.807, 2.05) is 13.2 Å². The van der Waals surface area contributed by atoms with Crippen molar-refractivity contribution < 1.29 is 4.79 Å². The number of amides is 2. The van der Waals surface area contributed by atoms with Crippen molar-refractivity contribution in [2.75, 3.05) is 13.1 Å². The lowest BCUT2D eigenvalue weighted by Crippen LogP contribution is -2.51. The summed E-state index contributed by atoms with van der Waals surface area (Å²) >= 11 is 0. The van der Waals surface area contributed by atoms with Crippen LogP contribution in [-0.2, 0) is 13.6 Å². The van der Waals surface area contributed by atoms with Gasteiger partial charge < -0.3 is 4.90 Å². The fraction of sp³-hybridized carbons (Fsp3) is 0.556. The van der Waals surface area contributed by atoms with Gasteiger partial charge in [-0.05, 0) is 6.42 Å². The SMILES string of the molecule is Cn1cc(CN2CCCN(N)C2=O)cn1. The second kappa shape index (κ2) is 3.90. The van der Waals surface area contributed by atoms with Crippen molar-refractivity contribution >= 4 is 6.03 Å². The Labute approximate surface area is 88.2 Å². The molecule has 1 fully saturated rings. The zero-order valence-corrected chi connectivity index (χ0v) is 8.76. The molecule has 1 aromatic heterocycles. The van der Waals surface area contributed by atoms with E-state index in [-0.39, 0.29) is 6.03 Å². The standard InChI is InChI=1S/C9H15N5O/c1-12-6-8(5-11-12)7-13-3-2-4-14(10)9(13)15/h5-6H,2-4,7,10H2,1H3. The summed E-state index contributed by atoms with van der Waals surface area (Å²) in [7, 11) is 1.86. The number of hydrazine groups is 1. The molecule has 1 aromatic rings. The van der Waals surface area contributed by atoms with E-state index in [0.29, 0.717) is 13.1 Å². The number of hydrogen-bond donors (Lipinski definition) is 1. The summed E-state index contributed by atoms with van der Waals surface area (Å²) < 4.78 is 1.73. The Hall–Kier alpha value is -1.56. The second-order valence-corrected chi connectivity index (χ2v) is 3.77. The highest BCUT2D eigenvalue weighted by Gasteiger charge is 2.23. The first-order valence-electron chi connectivity index (χ1n) is 4.95. The number of carbonyl (C=O) groups excluding carboxylic acids is 1. The van der Waals surface area contributed by atoms with Gasteiger partial charge in [0.1, 0.15) is 0 Å². The van der Waals surface area contributed by atoms with Crippen molar-refractivity contribution in [3.8, 4) is 0 Å². The van der Waals surface area contributed by atoms with Crippen molar-refractivity contribution in [2.45, 2.75) is 13.0 Å². The molecule has 0 unspecified atom stereocenters. The van der Waals surface area contributed by atoms with Crippen LogP contribution in [0, 0.1) is 0 Å². The smallest absolute Gasteiger partial charge is 0.319 e.